The molecule has 34 heavy (non-hydrogen) atoms. The molecular weight excluding hydrogens is 468 g/mol. The minimum Gasteiger partial charge on any atom is -0.462 e. The number of thioether (sulfide) groups is 2. The molecule has 5 nitrogen and oxygen atoms in total. The number of carbonyl (C=O) groups excluding carboxylic acids is 3. The normalized spacial score (nSPS) is 15.7. The lowest BCUT2D eigenvalue weighted by Gasteiger charge is -2.26. The van der Waals surface area contributed by atoms with Gasteiger partial charge in [-0.2, -0.15) is 0 Å². The molecule has 0 saturated carbocycles. The summed E-state index contributed by atoms with van der Waals surface area (Å²) < 4.78 is 11.2. The summed E-state index contributed by atoms with van der Waals surface area (Å²) in [6, 6.07) is 0. The lowest BCUT2D eigenvalue weighted by molar-refractivity contribution is -0.159. The first-order valence-electron chi connectivity index (χ1n) is 13.6. The molecule has 1 aliphatic rings. The third-order valence-corrected chi connectivity index (χ3v) is 9.91. The summed E-state index contributed by atoms with van der Waals surface area (Å²) in [5.41, 5.74) is 0. The van der Waals surface area contributed by atoms with Crippen molar-refractivity contribution in [1.29, 1.82) is 0 Å². The van der Waals surface area contributed by atoms with Crippen LogP contribution in [0.3, 0.4) is 0 Å². The summed E-state index contributed by atoms with van der Waals surface area (Å²) >= 11 is 3.73. The maximum Gasteiger partial charge on any atom is 0.306 e. The van der Waals surface area contributed by atoms with E-state index in [1.807, 2.05) is 23.5 Å². The topological polar surface area (TPSA) is 69.7 Å². The lowest BCUT2D eigenvalue weighted by atomic mass is 10.1. The Hall–Kier alpha value is -0.690. The minimum absolute atomic E-state index is 0.0427. The fraction of sp³-hybridized carbons (Fsp3) is 0.889. The first kappa shape index (κ1) is 31.3. The monoisotopic (exact) mass is 516 g/mol. The fourth-order valence-electron chi connectivity index (χ4n) is 4.19. The minimum atomic E-state index is -0.363. The van der Waals surface area contributed by atoms with Crippen LogP contribution in [0.1, 0.15) is 123 Å². The van der Waals surface area contributed by atoms with Crippen molar-refractivity contribution in [2.75, 3.05) is 18.1 Å². The average molecular weight is 517 g/mol. The van der Waals surface area contributed by atoms with Crippen molar-refractivity contribution in [2.45, 2.75) is 133 Å². The smallest absolute Gasteiger partial charge is 0.306 e. The predicted octanol–water partition coefficient (Wildman–Crippen LogP) is 7.49. The van der Waals surface area contributed by atoms with Crippen molar-refractivity contribution in [3.63, 3.8) is 0 Å². The molecule has 7 heteroatoms. The molecular formula is C27H48O5S2. The summed E-state index contributed by atoms with van der Waals surface area (Å²) in [5.74, 6) is 1.72. The van der Waals surface area contributed by atoms with Crippen molar-refractivity contribution >= 4 is 41.7 Å². The Kier molecular flexibility index (Phi) is 18.9. The number of hydrogen-bond acceptors (Lipinski definition) is 7. The maximum atomic E-state index is 12.7. The molecule has 0 aliphatic carbocycles. The van der Waals surface area contributed by atoms with E-state index in [1.165, 1.54) is 38.5 Å². The first-order chi connectivity index (χ1) is 16.5. The van der Waals surface area contributed by atoms with Crippen LogP contribution in [0.15, 0.2) is 0 Å². The Morgan fingerprint density at radius 3 is 2.09 bits per heavy atom. The molecule has 1 rings (SSSR count). The van der Waals surface area contributed by atoms with Gasteiger partial charge in [0.2, 0.25) is 0 Å². The molecule has 1 fully saturated rings. The fourth-order valence-corrected chi connectivity index (χ4v) is 7.45. The van der Waals surface area contributed by atoms with E-state index >= 15 is 0 Å². The second-order valence-electron chi connectivity index (χ2n) is 9.33. The maximum absolute atomic E-state index is 12.7. The van der Waals surface area contributed by atoms with E-state index < -0.39 is 0 Å². The van der Waals surface area contributed by atoms with E-state index in [4.69, 9.17) is 9.47 Å². The van der Waals surface area contributed by atoms with Crippen LogP contribution in [-0.4, -0.2) is 46.5 Å². The van der Waals surface area contributed by atoms with Crippen LogP contribution in [0.5, 0.6) is 0 Å². The molecule has 0 spiro atoms. The molecule has 1 unspecified atom stereocenters. The number of rotatable bonds is 22. The number of aldehydes is 1. The van der Waals surface area contributed by atoms with Crippen LogP contribution < -0.4 is 0 Å². The second-order valence-corrected chi connectivity index (χ2v) is 12.5. The van der Waals surface area contributed by atoms with E-state index in [0.717, 1.165) is 69.2 Å². The third-order valence-electron chi connectivity index (χ3n) is 6.26. The van der Waals surface area contributed by atoms with Gasteiger partial charge in [0, 0.05) is 30.8 Å². The molecule has 0 aromatic rings. The van der Waals surface area contributed by atoms with Crippen molar-refractivity contribution in [2.24, 2.45) is 0 Å². The number of unbranched alkanes of at least 4 members (excludes halogenated alkanes) is 9. The molecule has 1 saturated heterocycles. The Morgan fingerprint density at radius 1 is 0.824 bits per heavy atom. The summed E-state index contributed by atoms with van der Waals surface area (Å²) in [6.45, 7) is 4.55. The van der Waals surface area contributed by atoms with Gasteiger partial charge in [0.1, 0.15) is 19.0 Å². The van der Waals surface area contributed by atoms with Gasteiger partial charge in [-0.3, -0.25) is 9.59 Å². The van der Waals surface area contributed by atoms with Crippen molar-refractivity contribution < 1.29 is 23.9 Å². The van der Waals surface area contributed by atoms with Crippen molar-refractivity contribution in [1.82, 2.24) is 0 Å². The van der Waals surface area contributed by atoms with Crippen LogP contribution in [0.2, 0.25) is 0 Å². The van der Waals surface area contributed by atoms with Gasteiger partial charge < -0.3 is 14.3 Å². The molecule has 0 radical (unpaired) electrons. The van der Waals surface area contributed by atoms with E-state index in [1.54, 1.807) is 0 Å². The van der Waals surface area contributed by atoms with E-state index in [9.17, 15) is 14.4 Å². The molecule has 0 bridgehead atoms. The third kappa shape index (κ3) is 15.3. The van der Waals surface area contributed by atoms with Crippen LogP contribution in [0.4, 0.5) is 0 Å². The van der Waals surface area contributed by atoms with Crippen molar-refractivity contribution in [3.05, 3.63) is 0 Å². The highest BCUT2D eigenvalue weighted by atomic mass is 32.2. The number of ether oxygens (including phenoxy) is 2. The first-order valence-corrected chi connectivity index (χ1v) is 15.6. The van der Waals surface area contributed by atoms with Crippen molar-refractivity contribution in [3.8, 4) is 0 Å². The zero-order valence-electron chi connectivity index (χ0n) is 21.7. The average Bonchev–Trinajstić information content (AvgIpc) is 3.31. The second kappa shape index (κ2) is 20.5. The Morgan fingerprint density at radius 2 is 1.44 bits per heavy atom. The van der Waals surface area contributed by atoms with Gasteiger partial charge >= 0.3 is 11.9 Å². The quantitative estimate of drug-likeness (QED) is 0.0838. The van der Waals surface area contributed by atoms with E-state index in [0.29, 0.717) is 19.3 Å². The van der Waals surface area contributed by atoms with Gasteiger partial charge in [-0.1, -0.05) is 71.6 Å². The largest absolute Gasteiger partial charge is 0.462 e. The summed E-state index contributed by atoms with van der Waals surface area (Å²) in [6.07, 6.45) is 16.7. The molecule has 198 valence electrons. The SMILES string of the molecule is CCCCCCCCC(COC(=O)CCCCCCC)OC(=O)CCC1(CCC=O)SCCS1. The number of esters is 2. The standard InChI is InChI=1S/C27H48O5S2/c1-3-5-7-9-11-12-15-24(23-31-25(29)16-13-10-8-6-4-2)32-26(30)17-19-27(18-14-20-28)33-21-22-34-27/h20,24H,3-19,21-23H2,1-2H3. The summed E-state index contributed by atoms with van der Waals surface area (Å²) in [4.78, 5) is 35.7. The molecule has 1 heterocycles. The molecule has 0 amide bonds. The highest BCUT2D eigenvalue weighted by molar-refractivity contribution is 8.21. The highest BCUT2D eigenvalue weighted by Gasteiger charge is 2.35. The Balaban J connectivity index is 2.45. The highest BCUT2D eigenvalue weighted by Crippen LogP contribution is 2.50. The van der Waals surface area contributed by atoms with Crippen LogP contribution in [-0.2, 0) is 23.9 Å². The molecule has 1 atom stereocenters. The van der Waals surface area contributed by atoms with Gasteiger partial charge in [0.05, 0.1) is 4.08 Å². The molecule has 0 N–H and O–H groups in total. The number of carbonyl (C=O) groups is 3. The van der Waals surface area contributed by atoms with Gasteiger partial charge in [-0.05, 0) is 32.1 Å². The van der Waals surface area contributed by atoms with Gasteiger partial charge in [-0.15, -0.1) is 23.5 Å². The summed E-state index contributed by atoms with van der Waals surface area (Å²) in [7, 11) is 0. The van der Waals surface area contributed by atoms with E-state index in [-0.39, 0.29) is 28.7 Å². The Bertz CT molecular complexity index is 549. The zero-order chi connectivity index (χ0) is 24.9. The molecule has 0 aromatic heterocycles. The predicted molar refractivity (Wildman–Crippen MR) is 144 cm³/mol. The Labute approximate surface area is 216 Å². The number of hydrogen-bond donors (Lipinski definition) is 0. The lowest BCUT2D eigenvalue weighted by Crippen LogP contribution is -2.27. The molecule has 0 aromatic carbocycles. The van der Waals surface area contributed by atoms with Crippen LogP contribution in [0.25, 0.3) is 0 Å². The van der Waals surface area contributed by atoms with Gasteiger partial charge in [0.25, 0.3) is 0 Å². The van der Waals surface area contributed by atoms with Gasteiger partial charge in [-0.25, -0.2) is 0 Å². The van der Waals surface area contributed by atoms with Crippen LogP contribution >= 0.6 is 23.5 Å². The van der Waals surface area contributed by atoms with Gasteiger partial charge in [0.15, 0.2) is 0 Å². The zero-order valence-corrected chi connectivity index (χ0v) is 23.3. The van der Waals surface area contributed by atoms with E-state index in [2.05, 4.69) is 13.8 Å². The molecule has 1 aliphatic heterocycles. The van der Waals surface area contributed by atoms with Crippen LogP contribution in [0, 0.1) is 0 Å². The summed E-state index contributed by atoms with van der Waals surface area (Å²) in [5, 5.41) is 0.